The van der Waals surface area contributed by atoms with Crippen molar-refractivity contribution in [1.82, 2.24) is 0 Å². The zero-order valence-electron chi connectivity index (χ0n) is 9.81. The lowest BCUT2D eigenvalue weighted by Gasteiger charge is -2.08. The van der Waals surface area contributed by atoms with E-state index in [4.69, 9.17) is 11.2 Å². The van der Waals surface area contributed by atoms with Gasteiger partial charge in [0.1, 0.15) is 5.75 Å². The van der Waals surface area contributed by atoms with Gasteiger partial charge < -0.3 is 4.74 Å². The highest BCUT2D eigenvalue weighted by Gasteiger charge is 2.03. The highest BCUT2D eigenvalue weighted by Crippen LogP contribution is 2.25. The summed E-state index contributed by atoms with van der Waals surface area (Å²) < 4.78 is 5.15. The predicted molar refractivity (Wildman–Crippen MR) is 71.0 cm³/mol. The smallest absolute Gasteiger partial charge is 0.118 e. The monoisotopic (exact) mass is 222 g/mol. The maximum atomic E-state index is 5.38. The molecule has 1 nitrogen and oxygen atoms in total. The maximum absolute atomic E-state index is 5.38. The molecule has 0 aliphatic rings. The average Bonchev–Trinajstić information content (AvgIpc) is 2.40. The van der Waals surface area contributed by atoms with Crippen molar-refractivity contribution in [3.05, 3.63) is 54.1 Å². The summed E-state index contributed by atoms with van der Waals surface area (Å²) in [5, 5.41) is 0. The number of methoxy groups -OCH3 is 1. The van der Waals surface area contributed by atoms with Crippen molar-refractivity contribution in [3.63, 3.8) is 0 Å². The number of benzene rings is 2. The fourth-order valence-electron chi connectivity index (χ4n) is 1.84. The Labute approximate surface area is 102 Å². The molecule has 0 aromatic heterocycles. The topological polar surface area (TPSA) is 9.23 Å². The van der Waals surface area contributed by atoms with E-state index in [1.165, 1.54) is 11.1 Å². The Morgan fingerprint density at radius 2 is 1.76 bits per heavy atom. The molecule has 2 aromatic rings. The average molecular weight is 222 g/mol. The van der Waals surface area contributed by atoms with Gasteiger partial charge in [-0.05, 0) is 28.8 Å². The van der Waals surface area contributed by atoms with Gasteiger partial charge in [0.2, 0.25) is 0 Å². The largest absolute Gasteiger partial charge is 0.497 e. The summed E-state index contributed by atoms with van der Waals surface area (Å²) in [6, 6.07) is 16.2. The van der Waals surface area contributed by atoms with Crippen LogP contribution in [0.3, 0.4) is 0 Å². The lowest BCUT2D eigenvalue weighted by molar-refractivity contribution is 0.415. The molecule has 1 heteroatoms. The summed E-state index contributed by atoms with van der Waals surface area (Å²) in [6.07, 6.45) is 6.04. The normalized spacial score (nSPS) is 9.65. The molecular weight excluding hydrogens is 208 g/mol. The van der Waals surface area contributed by atoms with Crippen LogP contribution >= 0.6 is 0 Å². The first kappa shape index (κ1) is 11.3. The Bertz CT molecular complexity index is 532. The van der Waals surface area contributed by atoms with Crippen LogP contribution in [-0.4, -0.2) is 7.11 Å². The van der Waals surface area contributed by atoms with E-state index in [1.807, 2.05) is 36.4 Å². The van der Waals surface area contributed by atoms with Gasteiger partial charge in [-0.2, -0.15) is 0 Å². The Hall–Kier alpha value is -2.20. The first-order chi connectivity index (χ1) is 8.35. The minimum absolute atomic E-state index is 0.655. The van der Waals surface area contributed by atoms with E-state index in [0.29, 0.717) is 6.42 Å². The molecule has 0 amide bonds. The fraction of sp³-hybridized carbons (Fsp3) is 0.125. The van der Waals surface area contributed by atoms with Crippen LogP contribution in [0.25, 0.3) is 11.1 Å². The predicted octanol–water partition coefficient (Wildman–Crippen LogP) is 3.54. The third kappa shape index (κ3) is 2.49. The van der Waals surface area contributed by atoms with Gasteiger partial charge >= 0.3 is 0 Å². The van der Waals surface area contributed by atoms with Crippen molar-refractivity contribution in [2.24, 2.45) is 0 Å². The van der Waals surface area contributed by atoms with Crippen LogP contribution < -0.4 is 4.74 Å². The highest BCUT2D eigenvalue weighted by molar-refractivity contribution is 5.68. The molecule has 84 valence electrons. The number of rotatable bonds is 3. The SMILES string of the molecule is C#CCc1ccccc1-c1ccc(OC)cc1. The van der Waals surface area contributed by atoms with Crippen LogP contribution in [0.15, 0.2) is 48.5 Å². The van der Waals surface area contributed by atoms with Crippen molar-refractivity contribution in [2.45, 2.75) is 6.42 Å². The fourth-order valence-corrected chi connectivity index (χ4v) is 1.84. The number of terminal acetylenes is 1. The third-order valence-electron chi connectivity index (χ3n) is 2.71. The maximum Gasteiger partial charge on any atom is 0.118 e. The molecule has 0 unspecified atom stereocenters. The molecule has 2 aromatic carbocycles. The number of hydrogen-bond acceptors (Lipinski definition) is 1. The molecule has 0 radical (unpaired) electrons. The summed E-state index contributed by atoms with van der Waals surface area (Å²) in [4.78, 5) is 0. The molecule has 0 saturated carbocycles. The molecule has 0 saturated heterocycles. The minimum Gasteiger partial charge on any atom is -0.497 e. The Morgan fingerprint density at radius 3 is 2.41 bits per heavy atom. The van der Waals surface area contributed by atoms with Gasteiger partial charge in [-0.25, -0.2) is 0 Å². The van der Waals surface area contributed by atoms with E-state index in [1.54, 1.807) is 7.11 Å². The molecule has 0 spiro atoms. The van der Waals surface area contributed by atoms with E-state index in [2.05, 4.69) is 18.1 Å². The third-order valence-corrected chi connectivity index (χ3v) is 2.71. The van der Waals surface area contributed by atoms with Gasteiger partial charge in [0.05, 0.1) is 7.11 Å². The van der Waals surface area contributed by atoms with Gasteiger partial charge in [-0.3, -0.25) is 0 Å². The molecule has 17 heavy (non-hydrogen) atoms. The first-order valence-electron chi connectivity index (χ1n) is 5.51. The van der Waals surface area contributed by atoms with Gasteiger partial charge in [-0.1, -0.05) is 36.4 Å². The van der Waals surface area contributed by atoms with E-state index in [0.717, 1.165) is 11.3 Å². The summed E-state index contributed by atoms with van der Waals surface area (Å²) in [6.45, 7) is 0. The lowest BCUT2D eigenvalue weighted by Crippen LogP contribution is -1.88. The van der Waals surface area contributed by atoms with Crippen molar-refractivity contribution in [3.8, 4) is 29.2 Å². The molecular formula is C16H14O. The van der Waals surface area contributed by atoms with Crippen molar-refractivity contribution < 1.29 is 4.74 Å². The summed E-state index contributed by atoms with van der Waals surface area (Å²) in [5.74, 6) is 3.56. The van der Waals surface area contributed by atoms with Crippen LogP contribution in [0.1, 0.15) is 5.56 Å². The molecule has 0 fully saturated rings. The van der Waals surface area contributed by atoms with Gasteiger partial charge in [0.15, 0.2) is 0 Å². The summed E-state index contributed by atoms with van der Waals surface area (Å²) in [5.41, 5.74) is 3.53. The molecule has 0 aliphatic carbocycles. The van der Waals surface area contributed by atoms with Crippen molar-refractivity contribution >= 4 is 0 Å². The van der Waals surface area contributed by atoms with E-state index >= 15 is 0 Å². The van der Waals surface area contributed by atoms with Crippen molar-refractivity contribution in [2.75, 3.05) is 7.11 Å². The molecule has 0 N–H and O–H groups in total. The second kappa shape index (κ2) is 5.23. The number of hydrogen-bond donors (Lipinski definition) is 0. The van der Waals surface area contributed by atoms with E-state index in [9.17, 15) is 0 Å². The Kier molecular flexibility index (Phi) is 3.47. The number of ether oxygens (including phenoxy) is 1. The van der Waals surface area contributed by atoms with Gasteiger partial charge in [-0.15, -0.1) is 12.3 Å². The Balaban J connectivity index is 2.41. The van der Waals surface area contributed by atoms with Gasteiger partial charge in [0.25, 0.3) is 0 Å². The van der Waals surface area contributed by atoms with Crippen LogP contribution in [0, 0.1) is 12.3 Å². The Morgan fingerprint density at radius 1 is 1.06 bits per heavy atom. The molecule has 0 bridgehead atoms. The standard InChI is InChI=1S/C16H14O/c1-3-6-13-7-4-5-8-16(13)14-9-11-15(17-2)12-10-14/h1,4-5,7-12H,6H2,2H3. The minimum atomic E-state index is 0.655. The van der Waals surface area contributed by atoms with Crippen LogP contribution in [0.2, 0.25) is 0 Å². The van der Waals surface area contributed by atoms with Crippen LogP contribution in [0.5, 0.6) is 5.75 Å². The molecule has 0 heterocycles. The van der Waals surface area contributed by atoms with Crippen LogP contribution in [-0.2, 0) is 6.42 Å². The molecule has 0 aliphatic heterocycles. The van der Waals surface area contributed by atoms with Crippen molar-refractivity contribution in [1.29, 1.82) is 0 Å². The molecule has 2 rings (SSSR count). The second-order valence-corrected chi connectivity index (χ2v) is 3.77. The summed E-state index contributed by atoms with van der Waals surface area (Å²) >= 11 is 0. The second-order valence-electron chi connectivity index (χ2n) is 3.77. The zero-order chi connectivity index (χ0) is 12.1. The van der Waals surface area contributed by atoms with Gasteiger partial charge in [0, 0.05) is 6.42 Å². The molecule has 0 atom stereocenters. The highest BCUT2D eigenvalue weighted by atomic mass is 16.5. The zero-order valence-corrected chi connectivity index (χ0v) is 9.81. The lowest BCUT2D eigenvalue weighted by atomic mass is 9.98. The first-order valence-corrected chi connectivity index (χ1v) is 5.51. The van der Waals surface area contributed by atoms with E-state index < -0.39 is 0 Å². The van der Waals surface area contributed by atoms with E-state index in [-0.39, 0.29) is 0 Å². The van der Waals surface area contributed by atoms with Crippen LogP contribution in [0.4, 0.5) is 0 Å². The summed E-state index contributed by atoms with van der Waals surface area (Å²) in [7, 11) is 1.67. The quantitative estimate of drug-likeness (QED) is 0.722.